The lowest BCUT2D eigenvalue weighted by Gasteiger charge is -2.27. The number of carbonyl (C=O) groups excluding carboxylic acids is 1. The van der Waals surface area contributed by atoms with Crippen LogP contribution in [0.5, 0.6) is 23.1 Å². The Morgan fingerprint density at radius 3 is 2.66 bits per heavy atom. The summed E-state index contributed by atoms with van der Waals surface area (Å²) < 4.78 is 27.8. The molecule has 0 bridgehead atoms. The van der Waals surface area contributed by atoms with Crippen LogP contribution in [0.4, 0.5) is 4.79 Å². The van der Waals surface area contributed by atoms with Gasteiger partial charge in [0.15, 0.2) is 11.5 Å². The molecule has 11 nitrogen and oxygen atoms in total. The Hall–Kier alpha value is -4.69. The fraction of sp³-hybridized carbons (Fsp3) is 0.296. The summed E-state index contributed by atoms with van der Waals surface area (Å²) in [6.07, 6.45) is -0.478. The fourth-order valence-corrected chi connectivity index (χ4v) is 4.52. The maximum atomic E-state index is 12.7. The van der Waals surface area contributed by atoms with Gasteiger partial charge in [0, 0.05) is 18.7 Å². The molecule has 0 aliphatic carbocycles. The molecule has 0 radical (unpaired) electrons. The van der Waals surface area contributed by atoms with Crippen LogP contribution in [-0.4, -0.2) is 61.2 Å². The first-order chi connectivity index (χ1) is 18.5. The van der Waals surface area contributed by atoms with Gasteiger partial charge in [0.2, 0.25) is 11.8 Å². The Balaban J connectivity index is 1.55. The van der Waals surface area contributed by atoms with Gasteiger partial charge in [0.25, 0.3) is 0 Å². The van der Waals surface area contributed by atoms with Crippen LogP contribution in [0, 0.1) is 11.3 Å². The van der Waals surface area contributed by atoms with E-state index in [1.165, 1.54) is 0 Å². The molecule has 0 unspecified atom stereocenters. The Labute approximate surface area is 219 Å². The fourth-order valence-electron chi connectivity index (χ4n) is 4.52. The van der Waals surface area contributed by atoms with Gasteiger partial charge in [-0.1, -0.05) is 6.07 Å². The average Bonchev–Trinajstić information content (AvgIpc) is 3.37. The van der Waals surface area contributed by atoms with Gasteiger partial charge in [0.05, 0.1) is 44.1 Å². The number of fused-ring (bicyclic) bond motifs is 1. The van der Waals surface area contributed by atoms with E-state index in [1.807, 2.05) is 31.2 Å². The van der Waals surface area contributed by atoms with Crippen molar-refractivity contribution in [2.75, 3.05) is 40.0 Å². The van der Waals surface area contributed by atoms with Crippen LogP contribution in [-0.2, 0) is 4.74 Å². The summed E-state index contributed by atoms with van der Waals surface area (Å²) in [5, 5.41) is 17.4. The van der Waals surface area contributed by atoms with Crippen molar-refractivity contribution >= 4 is 6.09 Å². The Morgan fingerprint density at radius 1 is 1.21 bits per heavy atom. The molecular weight excluding hydrogens is 490 g/mol. The van der Waals surface area contributed by atoms with Gasteiger partial charge in [-0.25, -0.2) is 4.79 Å². The van der Waals surface area contributed by atoms with Crippen molar-refractivity contribution in [3.8, 4) is 40.5 Å². The normalized spacial score (nSPS) is 16.8. The van der Waals surface area contributed by atoms with Crippen LogP contribution in [0.2, 0.25) is 0 Å². The SMILES string of the molecule is CCOc1cc([C@@H]2C(C#N)=C(N)Oc3n[nH]c(-c4ccc(OC)cc4)c32)ccc1OC(=O)N1CCOCC1. The smallest absolute Gasteiger partial charge is 0.415 e. The number of morpholine rings is 1. The number of ether oxygens (including phenoxy) is 5. The number of carbonyl (C=O) groups is 1. The summed E-state index contributed by atoms with van der Waals surface area (Å²) in [6.45, 7) is 4.01. The predicted octanol–water partition coefficient (Wildman–Crippen LogP) is 3.53. The highest BCUT2D eigenvalue weighted by atomic mass is 16.6. The van der Waals surface area contributed by atoms with Gasteiger partial charge in [-0.05, 0) is 48.9 Å². The van der Waals surface area contributed by atoms with E-state index in [2.05, 4.69) is 16.3 Å². The summed E-state index contributed by atoms with van der Waals surface area (Å²) in [6, 6.07) is 14.8. The van der Waals surface area contributed by atoms with Crippen molar-refractivity contribution in [2.45, 2.75) is 12.8 Å². The molecule has 0 spiro atoms. The Morgan fingerprint density at radius 2 is 1.97 bits per heavy atom. The first kappa shape index (κ1) is 25.0. The van der Waals surface area contributed by atoms with Crippen molar-refractivity contribution in [3.63, 3.8) is 0 Å². The van der Waals surface area contributed by atoms with E-state index in [-0.39, 0.29) is 23.1 Å². The highest BCUT2D eigenvalue weighted by Gasteiger charge is 2.36. The van der Waals surface area contributed by atoms with Crippen LogP contribution >= 0.6 is 0 Å². The van der Waals surface area contributed by atoms with Crippen LogP contribution in [0.15, 0.2) is 53.9 Å². The molecule has 38 heavy (non-hydrogen) atoms. The molecule has 3 aromatic rings. The number of rotatable bonds is 6. The lowest BCUT2D eigenvalue weighted by Crippen LogP contribution is -2.42. The number of allylic oxidation sites excluding steroid dienone is 1. The number of hydrogen-bond donors (Lipinski definition) is 2. The van der Waals surface area contributed by atoms with Gasteiger partial charge in [-0.15, -0.1) is 5.10 Å². The van der Waals surface area contributed by atoms with Gasteiger partial charge in [-0.2, -0.15) is 5.26 Å². The topological polar surface area (TPSA) is 145 Å². The number of nitrogens with zero attached hydrogens (tertiary/aromatic N) is 3. The second kappa shape index (κ2) is 10.7. The quantitative estimate of drug-likeness (QED) is 0.501. The molecule has 1 atom stereocenters. The number of nitriles is 1. The Kier molecular flexibility index (Phi) is 7.06. The third-order valence-corrected chi connectivity index (χ3v) is 6.39. The summed E-state index contributed by atoms with van der Waals surface area (Å²) in [4.78, 5) is 14.3. The first-order valence-electron chi connectivity index (χ1n) is 12.2. The molecule has 196 valence electrons. The number of aromatic nitrogens is 2. The lowest BCUT2D eigenvalue weighted by atomic mass is 9.83. The van der Waals surface area contributed by atoms with Gasteiger partial charge < -0.3 is 34.3 Å². The molecule has 1 fully saturated rings. The third kappa shape index (κ3) is 4.69. The molecular formula is C27H27N5O6. The standard InChI is InChI=1S/C27H27N5O6/c1-3-36-21-14-17(6-9-20(21)37-27(33)32-10-12-35-13-11-32)22-19(15-28)25(29)38-26-23(22)24(30-31-26)16-4-7-18(34-2)8-5-16/h4-9,14,22H,3,10-13,29H2,1-2H3,(H,30,31)/t22-/m1/s1. The molecule has 11 heteroatoms. The number of H-pyrrole nitrogens is 1. The predicted molar refractivity (Wildman–Crippen MR) is 136 cm³/mol. The second-order valence-corrected chi connectivity index (χ2v) is 8.58. The first-order valence-corrected chi connectivity index (χ1v) is 12.2. The van der Waals surface area contributed by atoms with E-state index in [9.17, 15) is 10.1 Å². The third-order valence-electron chi connectivity index (χ3n) is 6.39. The van der Waals surface area contributed by atoms with E-state index in [1.54, 1.807) is 30.2 Å². The zero-order valence-electron chi connectivity index (χ0n) is 21.0. The molecule has 1 saturated heterocycles. The molecule has 3 heterocycles. The highest BCUT2D eigenvalue weighted by molar-refractivity contribution is 5.73. The van der Waals surface area contributed by atoms with E-state index < -0.39 is 12.0 Å². The molecule has 2 aliphatic rings. The summed E-state index contributed by atoms with van der Waals surface area (Å²) in [5.74, 6) is 0.988. The molecule has 3 N–H and O–H groups in total. The minimum atomic E-state index is -0.609. The largest absolute Gasteiger partial charge is 0.497 e. The van der Waals surface area contributed by atoms with E-state index in [4.69, 9.17) is 29.4 Å². The highest BCUT2D eigenvalue weighted by Crippen LogP contribution is 2.47. The Bertz CT molecular complexity index is 1400. The molecule has 2 aromatic carbocycles. The van der Waals surface area contributed by atoms with Crippen molar-refractivity contribution in [2.24, 2.45) is 5.73 Å². The number of hydrogen-bond acceptors (Lipinski definition) is 9. The maximum Gasteiger partial charge on any atom is 0.415 e. The number of methoxy groups -OCH3 is 1. The summed E-state index contributed by atoms with van der Waals surface area (Å²) >= 11 is 0. The number of nitrogens with two attached hydrogens (primary N) is 1. The maximum absolute atomic E-state index is 12.7. The summed E-state index contributed by atoms with van der Waals surface area (Å²) in [7, 11) is 1.60. The lowest BCUT2D eigenvalue weighted by molar-refractivity contribution is 0.0413. The second-order valence-electron chi connectivity index (χ2n) is 8.58. The molecule has 1 aromatic heterocycles. The molecule has 1 amide bonds. The number of nitrogens with one attached hydrogen (secondary N) is 1. The monoisotopic (exact) mass is 517 g/mol. The van der Waals surface area contributed by atoms with Crippen molar-refractivity contribution in [1.29, 1.82) is 5.26 Å². The van der Waals surface area contributed by atoms with E-state index in [0.717, 1.165) is 5.56 Å². The van der Waals surface area contributed by atoms with Crippen LogP contribution in [0.25, 0.3) is 11.3 Å². The average molecular weight is 518 g/mol. The van der Waals surface area contributed by atoms with Gasteiger partial charge >= 0.3 is 6.09 Å². The number of aromatic amines is 1. The van der Waals surface area contributed by atoms with Gasteiger partial charge in [0.1, 0.15) is 17.4 Å². The molecule has 0 saturated carbocycles. The van der Waals surface area contributed by atoms with Crippen molar-refractivity contribution in [3.05, 3.63) is 65.0 Å². The van der Waals surface area contributed by atoms with Gasteiger partial charge in [-0.3, -0.25) is 5.10 Å². The zero-order chi connectivity index (χ0) is 26.6. The minimum Gasteiger partial charge on any atom is -0.497 e. The minimum absolute atomic E-state index is 0.0291. The molecule has 2 aliphatic heterocycles. The van der Waals surface area contributed by atoms with E-state index in [0.29, 0.717) is 61.2 Å². The summed E-state index contributed by atoms with van der Waals surface area (Å²) in [5.41, 5.74) is 9.22. The van der Waals surface area contributed by atoms with Crippen LogP contribution in [0.1, 0.15) is 24.0 Å². The van der Waals surface area contributed by atoms with Crippen LogP contribution < -0.4 is 24.7 Å². The zero-order valence-corrected chi connectivity index (χ0v) is 21.0. The molecule has 5 rings (SSSR count). The van der Waals surface area contributed by atoms with Crippen LogP contribution in [0.3, 0.4) is 0 Å². The number of benzene rings is 2. The number of amides is 1. The van der Waals surface area contributed by atoms with Crippen molar-refractivity contribution < 1.29 is 28.5 Å². The van der Waals surface area contributed by atoms with Crippen molar-refractivity contribution in [1.82, 2.24) is 15.1 Å². The van der Waals surface area contributed by atoms with E-state index >= 15 is 0 Å².